The Balaban J connectivity index is 0.0000180. The van der Waals surface area contributed by atoms with Gasteiger partial charge in [0.1, 0.15) is 5.71 Å². The van der Waals surface area contributed by atoms with Crippen LogP contribution in [0.25, 0.3) is 0 Å². The Kier molecular flexibility index (Phi) is 36.9. The molecule has 60 heavy (non-hydrogen) atoms. The number of aliphatic imine (C=N–C) groups is 2. The average molecular weight is 866 g/mol. The first kappa shape index (κ1) is 55.9. The number of nitrogens with zero attached hydrogens (tertiary/aromatic N) is 2. The van der Waals surface area contributed by atoms with Gasteiger partial charge in [0, 0.05) is 22.9 Å². The summed E-state index contributed by atoms with van der Waals surface area (Å²) in [6.45, 7) is 13.7. The number of unbranched alkanes of at least 4 members (excludes halogenated alkanes) is 24. The molecule has 2 rings (SSSR count). The van der Waals surface area contributed by atoms with Crippen LogP contribution in [0.2, 0.25) is 0 Å². The zero-order valence-electron chi connectivity index (χ0n) is 40.4. The second-order valence-corrected chi connectivity index (χ2v) is 18.0. The molecule has 0 aliphatic rings. The van der Waals surface area contributed by atoms with Gasteiger partial charge in [-0.2, -0.15) is 0 Å². The van der Waals surface area contributed by atoms with E-state index in [4.69, 9.17) is 9.98 Å². The van der Waals surface area contributed by atoms with Crippen molar-refractivity contribution in [2.45, 2.75) is 266 Å². The summed E-state index contributed by atoms with van der Waals surface area (Å²) in [6.07, 6.45) is 45.0. The predicted octanol–water partition coefficient (Wildman–Crippen LogP) is 18.9. The van der Waals surface area contributed by atoms with Crippen molar-refractivity contribution in [3.8, 4) is 11.8 Å². The van der Waals surface area contributed by atoms with Gasteiger partial charge in [-0.15, -0.1) is 0 Å². The first-order chi connectivity index (χ1) is 29.1. The Morgan fingerprint density at radius 2 is 0.683 bits per heavy atom. The number of benzene rings is 2. The van der Waals surface area contributed by atoms with E-state index >= 15 is 0 Å². The second-order valence-electron chi connectivity index (χ2n) is 18.0. The van der Waals surface area contributed by atoms with Crippen molar-refractivity contribution in [1.82, 2.24) is 0 Å². The first-order valence-corrected chi connectivity index (χ1v) is 26.0. The molecule has 0 aromatic heterocycles. The van der Waals surface area contributed by atoms with Gasteiger partial charge in [0.05, 0.1) is 17.1 Å². The fourth-order valence-electron chi connectivity index (χ4n) is 8.18. The minimum absolute atomic E-state index is 0. The SMILES string of the molecule is CCCCCCCCCCCCCCCCCCCCCC#CC(=Nc1cc(CCCC)cc(CCCC)c1)C(CCCC)=Nc1cc(CCCC)cc(CCCC)c1.[Ni]. The molecule has 342 valence electrons. The number of hydrogen-bond acceptors (Lipinski definition) is 2. The van der Waals surface area contributed by atoms with E-state index < -0.39 is 0 Å². The molecule has 0 bridgehead atoms. The van der Waals surface area contributed by atoms with Crippen molar-refractivity contribution in [3.05, 3.63) is 58.7 Å². The van der Waals surface area contributed by atoms with Crippen LogP contribution in [0, 0.1) is 11.8 Å². The van der Waals surface area contributed by atoms with Gasteiger partial charge in [-0.05, 0) is 123 Å². The number of hydrogen-bond donors (Lipinski definition) is 0. The van der Waals surface area contributed by atoms with Gasteiger partial charge >= 0.3 is 0 Å². The molecule has 2 nitrogen and oxygen atoms in total. The van der Waals surface area contributed by atoms with Crippen molar-refractivity contribution >= 4 is 22.8 Å². The van der Waals surface area contributed by atoms with Crippen LogP contribution in [0.3, 0.4) is 0 Å². The zero-order valence-corrected chi connectivity index (χ0v) is 41.4. The van der Waals surface area contributed by atoms with E-state index in [-0.39, 0.29) is 16.5 Å². The molecule has 0 heterocycles. The minimum Gasteiger partial charge on any atom is -0.250 e. The van der Waals surface area contributed by atoms with E-state index in [1.807, 2.05) is 0 Å². The zero-order chi connectivity index (χ0) is 42.4. The maximum atomic E-state index is 5.46. The van der Waals surface area contributed by atoms with Gasteiger partial charge in [-0.3, -0.25) is 4.99 Å². The van der Waals surface area contributed by atoms with Crippen molar-refractivity contribution in [1.29, 1.82) is 0 Å². The molecule has 0 radical (unpaired) electrons. The van der Waals surface area contributed by atoms with Crippen LogP contribution in [-0.4, -0.2) is 11.4 Å². The van der Waals surface area contributed by atoms with Crippen LogP contribution >= 0.6 is 0 Å². The smallest absolute Gasteiger partial charge is 0.135 e. The molecule has 3 heteroatoms. The van der Waals surface area contributed by atoms with E-state index in [1.54, 1.807) is 0 Å². The molecule has 0 aliphatic heterocycles. The Morgan fingerprint density at radius 3 is 1.03 bits per heavy atom. The van der Waals surface area contributed by atoms with E-state index in [2.05, 4.69) is 89.8 Å². The fourth-order valence-corrected chi connectivity index (χ4v) is 8.18. The number of aryl methyl sites for hydroxylation is 4. The molecule has 0 fully saturated rings. The maximum absolute atomic E-state index is 5.46. The quantitative estimate of drug-likeness (QED) is 0.0280. The monoisotopic (exact) mass is 865 g/mol. The van der Waals surface area contributed by atoms with E-state index in [1.165, 1.54) is 196 Å². The molecule has 0 saturated heterocycles. The molecule has 0 saturated carbocycles. The van der Waals surface area contributed by atoms with E-state index in [0.29, 0.717) is 0 Å². The Morgan fingerprint density at radius 1 is 0.367 bits per heavy atom. The molecular formula is C57H94N2Ni. The van der Waals surface area contributed by atoms with Gasteiger partial charge in [-0.25, -0.2) is 4.99 Å². The van der Waals surface area contributed by atoms with Gasteiger partial charge in [-0.1, -0.05) is 207 Å². The Labute approximate surface area is 384 Å². The van der Waals surface area contributed by atoms with Gasteiger partial charge in [0.2, 0.25) is 0 Å². The maximum Gasteiger partial charge on any atom is 0.135 e. The molecular weight excluding hydrogens is 771 g/mol. The Bertz CT molecular complexity index is 1390. The summed E-state index contributed by atoms with van der Waals surface area (Å²) in [7, 11) is 0. The summed E-state index contributed by atoms with van der Waals surface area (Å²) in [5.74, 6) is 7.27. The molecule has 2 aromatic carbocycles. The average Bonchev–Trinajstić information content (AvgIpc) is 3.24. The summed E-state index contributed by atoms with van der Waals surface area (Å²) >= 11 is 0. The molecule has 0 N–H and O–H groups in total. The molecule has 0 amide bonds. The largest absolute Gasteiger partial charge is 0.250 e. The third-order valence-corrected chi connectivity index (χ3v) is 12.0. The topological polar surface area (TPSA) is 24.7 Å². The summed E-state index contributed by atoms with van der Waals surface area (Å²) in [4.78, 5) is 10.9. The molecule has 0 aliphatic carbocycles. The first-order valence-electron chi connectivity index (χ1n) is 26.0. The number of rotatable bonds is 37. The summed E-state index contributed by atoms with van der Waals surface area (Å²) in [6, 6.07) is 14.2. The summed E-state index contributed by atoms with van der Waals surface area (Å²) in [5.41, 5.74) is 9.77. The third-order valence-electron chi connectivity index (χ3n) is 12.0. The normalized spacial score (nSPS) is 11.8. The molecule has 2 aromatic rings. The predicted molar refractivity (Wildman–Crippen MR) is 267 cm³/mol. The van der Waals surface area contributed by atoms with Crippen LogP contribution in [0.1, 0.15) is 263 Å². The second kappa shape index (κ2) is 39.7. The summed E-state index contributed by atoms with van der Waals surface area (Å²) < 4.78 is 0. The van der Waals surface area contributed by atoms with Crippen LogP contribution in [-0.2, 0) is 42.2 Å². The standard InChI is InChI=1S/C57H94N2.Ni/c1-7-13-19-20-21-22-23-24-25-26-27-28-29-30-31-32-33-34-35-36-37-43-57(59-55-48-52(40-16-10-4)45-53(49-55)41-17-11-5)56(42-18-12-6)58-54-46-50(38-14-8-2)44-51(47-54)39-15-9-3;/h44-49H,7-36,38-42H2,1-6H3;. The fraction of sp³-hybridized carbons (Fsp3) is 0.719. The molecule has 0 spiro atoms. The van der Waals surface area contributed by atoms with Gasteiger partial charge in [0.15, 0.2) is 0 Å². The van der Waals surface area contributed by atoms with Crippen molar-refractivity contribution in [2.75, 3.05) is 0 Å². The van der Waals surface area contributed by atoms with E-state index in [0.717, 1.165) is 74.2 Å². The van der Waals surface area contributed by atoms with Crippen molar-refractivity contribution in [3.63, 3.8) is 0 Å². The van der Waals surface area contributed by atoms with Gasteiger partial charge < -0.3 is 0 Å². The van der Waals surface area contributed by atoms with Crippen LogP contribution < -0.4 is 0 Å². The van der Waals surface area contributed by atoms with Crippen molar-refractivity contribution in [2.24, 2.45) is 9.98 Å². The van der Waals surface area contributed by atoms with E-state index in [9.17, 15) is 0 Å². The van der Waals surface area contributed by atoms with Crippen LogP contribution in [0.5, 0.6) is 0 Å². The summed E-state index contributed by atoms with van der Waals surface area (Å²) in [5, 5.41) is 0. The molecule has 0 unspecified atom stereocenters. The third kappa shape index (κ3) is 28.4. The van der Waals surface area contributed by atoms with Gasteiger partial charge in [0.25, 0.3) is 0 Å². The van der Waals surface area contributed by atoms with Crippen LogP contribution in [0.15, 0.2) is 46.4 Å². The molecule has 0 atom stereocenters. The minimum atomic E-state index is 0. The van der Waals surface area contributed by atoms with Crippen molar-refractivity contribution < 1.29 is 16.5 Å². The van der Waals surface area contributed by atoms with Crippen LogP contribution in [0.4, 0.5) is 11.4 Å². The Hall–Kier alpha value is -2.17.